The number of hydrogen-bond donors (Lipinski definition) is 0. The van der Waals surface area contributed by atoms with Gasteiger partial charge in [-0.15, -0.1) is 0 Å². The van der Waals surface area contributed by atoms with Crippen LogP contribution in [0.5, 0.6) is 0 Å². The summed E-state index contributed by atoms with van der Waals surface area (Å²) in [5.74, 6) is -0.282. The molecule has 0 aliphatic rings. The Morgan fingerprint density at radius 2 is 1.88 bits per heavy atom. The molecular formula is C14H9FN2. The van der Waals surface area contributed by atoms with Gasteiger partial charge in [0.25, 0.3) is 0 Å². The summed E-state index contributed by atoms with van der Waals surface area (Å²) in [7, 11) is 0. The molecule has 0 unspecified atom stereocenters. The molecule has 0 bridgehead atoms. The Labute approximate surface area is 98.7 Å². The fourth-order valence-corrected chi connectivity index (χ4v) is 1.36. The van der Waals surface area contributed by atoms with Gasteiger partial charge in [-0.2, -0.15) is 5.26 Å². The average molecular weight is 224 g/mol. The largest absolute Gasteiger partial charge is 0.256 e. The van der Waals surface area contributed by atoms with Crippen molar-refractivity contribution in [2.75, 3.05) is 0 Å². The summed E-state index contributed by atoms with van der Waals surface area (Å²) in [6.07, 6.45) is 1.65. The van der Waals surface area contributed by atoms with Gasteiger partial charge in [-0.1, -0.05) is 12.1 Å². The van der Waals surface area contributed by atoms with E-state index in [1.807, 2.05) is 6.07 Å². The summed E-state index contributed by atoms with van der Waals surface area (Å²) in [6, 6.07) is 15.1. The van der Waals surface area contributed by atoms with E-state index in [1.165, 1.54) is 12.1 Å². The number of benzene rings is 2. The zero-order chi connectivity index (χ0) is 12.1. The predicted octanol–water partition coefficient (Wildman–Crippen LogP) is 3.45. The summed E-state index contributed by atoms with van der Waals surface area (Å²) < 4.78 is 12.7. The second-order valence-corrected chi connectivity index (χ2v) is 3.47. The minimum atomic E-state index is -0.282. The minimum absolute atomic E-state index is 0.282. The molecule has 0 heterocycles. The molecule has 2 rings (SSSR count). The molecule has 2 aromatic carbocycles. The smallest absolute Gasteiger partial charge is 0.123 e. The number of hydrogen-bond acceptors (Lipinski definition) is 2. The molecule has 0 aliphatic carbocycles. The lowest BCUT2D eigenvalue weighted by Crippen LogP contribution is -1.82. The number of halogens is 1. The minimum Gasteiger partial charge on any atom is -0.256 e. The van der Waals surface area contributed by atoms with E-state index < -0.39 is 0 Å². The predicted molar refractivity (Wildman–Crippen MR) is 64.8 cm³/mol. The van der Waals surface area contributed by atoms with Crippen LogP contribution >= 0.6 is 0 Å². The molecule has 0 amide bonds. The fourth-order valence-electron chi connectivity index (χ4n) is 1.36. The highest BCUT2D eigenvalue weighted by Gasteiger charge is 1.93. The Kier molecular flexibility index (Phi) is 3.27. The molecule has 0 fully saturated rings. The number of rotatable bonds is 2. The maximum Gasteiger partial charge on any atom is 0.123 e. The number of nitriles is 1. The molecule has 2 nitrogen and oxygen atoms in total. The highest BCUT2D eigenvalue weighted by atomic mass is 19.1. The second-order valence-electron chi connectivity index (χ2n) is 3.47. The number of aliphatic imine (C=N–C) groups is 1. The van der Waals surface area contributed by atoms with Crippen LogP contribution in [0.1, 0.15) is 11.1 Å². The third-order valence-electron chi connectivity index (χ3n) is 2.21. The summed E-state index contributed by atoms with van der Waals surface area (Å²) in [5, 5.41) is 8.74. The van der Waals surface area contributed by atoms with Gasteiger partial charge in [0, 0.05) is 6.21 Å². The van der Waals surface area contributed by atoms with Crippen molar-refractivity contribution in [2.24, 2.45) is 4.99 Å². The summed E-state index contributed by atoms with van der Waals surface area (Å²) in [6.45, 7) is 0. The van der Waals surface area contributed by atoms with Crippen LogP contribution in [0.3, 0.4) is 0 Å². The lowest BCUT2D eigenvalue weighted by atomic mass is 10.1. The molecule has 17 heavy (non-hydrogen) atoms. The third-order valence-corrected chi connectivity index (χ3v) is 2.21. The molecule has 0 saturated heterocycles. The van der Waals surface area contributed by atoms with Gasteiger partial charge in [-0.05, 0) is 42.0 Å². The molecule has 2 aromatic rings. The van der Waals surface area contributed by atoms with Crippen molar-refractivity contribution < 1.29 is 4.39 Å². The highest BCUT2D eigenvalue weighted by molar-refractivity contribution is 5.82. The van der Waals surface area contributed by atoms with Crippen molar-refractivity contribution in [1.82, 2.24) is 0 Å². The van der Waals surface area contributed by atoms with E-state index in [1.54, 1.807) is 36.5 Å². The molecule has 0 atom stereocenters. The monoisotopic (exact) mass is 224 g/mol. The van der Waals surface area contributed by atoms with E-state index in [9.17, 15) is 4.39 Å². The van der Waals surface area contributed by atoms with E-state index >= 15 is 0 Å². The Hall–Kier alpha value is -2.47. The maximum atomic E-state index is 12.7. The first-order chi connectivity index (χ1) is 8.28. The average Bonchev–Trinajstić information content (AvgIpc) is 2.38. The normalized spacial score (nSPS) is 10.4. The van der Waals surface area contributed by atoms with Crippen molar-refractivity contribution >= 4 is 11.9 Å². The molecule has 3 heteroatoms. The van der Waals surface area contributed by atoms with E-state index in [4.69, 9.17) is 5.26 Å². The molecule has 0 N–H and O–H groups in total. The van der Waals surface area contributed by atoms with Gasteiger partial charge in [-0.3, -0.25) is 4.99 Å². The van der Waals surface area contributed by atoms with Crippen molar-refractivity contribution in [3.63, 3.8) is 0 Å². The first-order valence-corrected chi connectivity index (χ1v) is 5.08. The first-order valence-electron chi connectivity index (χ1n) is 5.08. The van der Waals surface area contributed by atoms with Crippen LogP contribution in [0.4, 0.5) is 10.1 Å². The van der Waals surface area contributed by atoms with Gasteiger partial charge in [0.1, 0.15) is 5.82 Å². The van der Waals surface area contributed by atoms with Gasteiger partial charge in [0.2, 0.25) is 0 Å². The van der Waals surface area contributed by atoms with Crippen molar-refractivity contribution in [3.05, 3.63) is 65.5 Å². The lowest BCUT2D eigenvalue weighted by molar-refractivity contribution is 0.628. The zero-order valence-electron chi connectivity index (χ0n) is 8.97. The fraction of sp³-hybridized carbons (Fsp3) is 0. The molecule has 82 valence electrons. The summed E-state index contributed by atoms with van der Waals surface area (Å²) >= 11 is 0. The van der Waals surface area contributed by atoms with Gasteiger partial charge in [0.15, 0.2) is 0 Å². The Morgan fingerprint density at radius 3 is 2.59 bits per heavy atom. The van der Waals surface area contributed by atoms with E-state index in [0.29, 0.717) is 11.3 Å². The Morgan fingerprint density at radius 1 is 1.12 bits per heavy atom. The lowest BCUT2D eigenvalue weighted by Gasteiger charge is -1.95. The van der Waals surface area contributed by atoms with E-state index in [2.05, 4.69) is 11.1 Å². The van der Waals surface area contributed by atoms with Crippen LogP contribution in [0, 0.1) is 17.1 Å². The molecule has 0 spiro atoms. The SMILES string of the molecule is N#Cc1cccc(/C=N/c2ccc(F)cc2)c1. The number of nitrogens with zero attached hydrogens (tertiary/aromatic N) is 2. The summed E-state index contributed by atoms with van der Waals surface area (Å²) in [5.41, 5.74) is 2.11. The van der Waals surface area contributed by atoms with Crippen LogP contribution in [0.2, 0.25) is 0 Å². The van der Waals surface area contributed by atoms with Gasteiger partial charge >= 0.3 is 0 Å². The molecule has 0 aromatic heterocycles. The standard InChI is InChI=1S/C14H9FN2/c15-13-4-6-14(7-5-13)17-10-12-3-1-2-11(8-12)9-16/h1-8,10H/b17-10+. The first kappa shape index (κ1) is 11.0. The van der Waals surface area contributed by atoms with Gasteiger partial charge in [0.05, 0.1) is 17.3 Å². The zero-order valence-corrected chi connectivity index (χ0v) is 8.97. The van der Waals surface area contributed by atoms with Crippen LogP contribution < -0.4 is 0 Å². The molecular weight excluding hydrogens is 215 g/mol. The summed E-state index contributed by atoms with van der Waals surface area (Å²) in [4.78, 5) is 4.19. The van der Waals surface area contributed by atoms with E-state index in [-0.39, 0.29) is 5.82 Å². The topological polar surface area (TPSA) is 36.1 Å². The van der Waals surface area contributed by atoms with Crippen molar-refractivity contribution in [2.45, 2.75) is 0 Å². The van der Waals surface area contributed by atoms with Crippen molar-refractivity contribution in [3.8, 4) is 6.07 Å². The van der Waals surface area contributed by atoms with Crippen LogP contribution in [0.25, 0.3) is 0 Å². The van der Waals surface area contributed by atoms with Crippen LogP contribution in [-0.2, 0) is 0 Å². The second kappa shape index (κ2) is 5.04. The molecule has 0 saturated carbocycles. The van der Waals surface area contributed by atoms with Crippen LogP contribution in [-0.4, -0.2) is 6.21 Å². The quantitative estimate of drug-likeness (QED) is 0.719. The molecule has 0 radical (unpaired) electrons. The Balaban J connectivity index is 2.20. The maximum absolute atomic E-state index is 12.7. The van der Waals surface area contributed by atoms with Crippen LogP contribution in [0.15, 0.2) is 53.5 Å². The van der Waals surface area contributed by atoms with Gasteiger partial charge in [-0.25, -0.2) is 4.39 Å². The highest BCUT2D eigenvalue weighted by Crippen LogP contribution is 2.12. The van der Waals surface area contributed by atoms with Crippen molar-refractivity contribution in [1.29, 1.82) is 5.26 Å². The molecule has 0 aliphatic heterocycles. The van der Waals surface area contributed by atoms with E-state index in [0.717, 1.165) is 5.56 Å². The third kappa shape index (κ3) is 2.99. The van der Waals surface area contributed by atoms with Gasteiger partial charge < -0.3 is 0 Å². The Bertz CT molecular complexity index is 580.